The van der Waals surface area contributed by atoms with E-state index in [0.29, 0.717) is 5.92 Å². The number of likely N-dealkylation sites (tertiary alicyclic amines) is 1. The Balaban J connectivity index is 1.93. The molecule has 0 spiro atoms. The highest BCUT2D eigenvalue weighted by atomic mass is 35.5. The van der Waals surface area contributed by atoms with Gasteiger partial charge in [0, 0.05) is 11.9 Å². The van der Waals surface area contributed by atoms with Crippen molar-refractivity contribution in [2.24, 2.45) is 5.92 Å². The Hall–Kier alpha value is 0.210. The monoisotopic (exact) mass is 260 g/mol. The third kappa shape index (κ3) is 6.64. The van der Waals surface area contributed by atoms with Crippen molar-refractivity contribution in [2.45, 2.75) is 51.5 Å². The molecule has 0 aromatic carbocycles. The highest BCUT2D eigenvalue weighted by Crippen LogP contribution is 2.17. The topological polar surface area (TPSA) is 15.3 Å². The minimum Gasteiger partial charge on any atom is -0.317 e. The van der Waals surface area contributed by atoms with Crippen LogP contribution in [0.1, 0.15) is 45.4 Å². The van der Waals surface area contributed by atoms with Crippen LogP contribution in [0.25, 0.3) is 0 Å². The zero-order chi connectivity index (χ0) is 12.5. The van der Waals surface area contributed by atoms with Crippen LogP contribution in [0.4, 0.5) is 0 Å². The van der Waals surface area contributed by atoms with Crippen molar-refractivity contribution >= 4 is 11.6 Å². The van der Waals surface area contributed by atoms with E-state index >= 15 is 0 Å². The summed E-state index contributed by atoms with van der Waals surface area (Å²) in [5, 5.41) is 3.56. The highest BCUT2D eigenvalue weighted by Gasteiger charge is 2.17. The van der Waals surface area contributed by atoms with E-state index in [4.69, 9.17) is 11.6 Å². The van der Waals surface area contributed by atoms with Crippen molar-refractivity contribution in [1.29, 1.82) is 0 Å². The second-order valence-electron chi connectivity index (χ2n) is 5.57. The molecule has 2 unspecified atom stereocenters. The smallest absolute Gasteiger partial charge is 0.0249 e. The fraction of sp³-hybridized carbons (Fsp3) is 1.00. The molecule has 0 radical (unpaired) electrons. The Morgan fingerprint density at radius 2 is 2.18 bits per heavy atom. The molecule has 102 valence electrons. The van der Waals surface area contributed by atoms with Crippen LogP contribution in [0.5, 0.6) is 0 Å². The lowest BCUT2D eigenvalue weighted by atomic mass is 10.0. The molecular weight excluding hydrogens is 232 g/mol. The van der Waals surface area contributed by atoms with Gasteiger partial charge in [0.2, 0.25) is 0 Å². The summed E-state index contributed by atoms with van der Waals surface area (Å²) in [6.45, 7) is 5.84. The van der Waals surface area contributed by atoms with E-state index in [2.05, 4.69) is 24.2 Å². The van der Waals surface area contributed by atoms with Crippen LogP contribution in [0.15, 0.2) is 0 Å². The first-order valence-corrected chi connectivity index (χ1v) is 7.74. The van der Waals surface area contributed by atoms with Gasteiger partial charge in [-0.1, -0.05) is 13.3 Å². The molecule has 0 aromatic rings. The second kappa shape index (κ2) is 9.18. The average Bonchev–Trinajstić information content (AvgIpc) is 2.35. The van der Waals surface area contributed by atoms with E-state index < -0.39 is 0 Å². The molecule has 0 saturated carbocycles. The maximum absolute atomic E-state index is 5.78. The van der Waals surface area contributed by atoms with E-state index in [-0.39, 0.29) is 0 Å². The standard InChI is InChI=1S/C14H29ClN2/c1-13(12-15)6-5-9-16-10-8-14-7-3-4-11-17(14)2/h13-14,16H,3-12H2,1-2H3. The van der Waals surface area contributed by atoms with Crippen molar-refractivity contribution in [1.82, 2.24) is 10.2 Å². The van der Waals surface area contributed by atoms with Gasteiger partial charge in [0.1, 0.15) is 0 Å². The molecule has 2 nitrogen and oxygen atoms in total. The number of nitrogens with zero attached hydrogens (tertiary/aromatic N) is 1. The van der Waals surface area contributed by atoms with Gasteiger partial charge in [-0.3, -0.25) is 0 Å². The van der Waals surface area contributed by atoms with Gasteiger partial charge in [-0.2, -0.15) is 0 Å². The number of nitrogens with one attached hydrogen (secondary N) is 1. The Kier molecular flexibility index (Phi) is 8.25. The molecule has 3 heteroatoms. The van der Waals surface area contributed by atoms with E-state index in [9.17, 15) is 0 Å². The molecule has 0 bridgehead atoms. The van der Waals surface area contributed by atoms with E-state index in [0.717, 1.165) is 18.5 Å². The molecule has 1 aliphatic rings. The summed E-state index contributed by atoms with van der Waals surface area (Å²) in [6, 6.07) is 0.818. The van der Waals surface area contributed by atoms with E-state index in [1.165, 1.54) is 51.6 Å². The molecule has 0 amide bonds. The molecule has 17 heavy (non-hydrogen) atoms. The van der Waals surface area contributed by atoms with Crippen LogP contribution in [-0.2, 0) is 0 Å². The van der Waals surface area contributed by atoms with E-state index in [1.807, 2.05) is 0 Å². The first-order chi connectivity index (χ1) is 8.24. The van der Waals surface area contributed by atoms with Gasteiger partial charge < -0.3 is 10.2 Å². The van der Waals surface area contributed by atoms with Crippen LogP contribution >= 0.6 is 11.6 Å². The summed E-state index contributed by atoms with van der Waals surface area (Å²) in [7, 11) is 2.27. The summed E-state index contributed by atoms with van der Waals surface area (Å²) < 4.78 is 0. The van der Waals surface area contributed by atoms with Crippen molar-refractivity contribution in [3.8, 4) is 0 Å². The molecule has 1 N–H and O–H groups in total. The van der Waals surface area contributed by atoms with Crippen LogP contribution in [0.3, 0.4) is 0 Å². The molecule has 1 saturated heterocycles. The molecule has 1 fully saturated rings. The second-order valence-corrected chi connectivity index (χ2v) is 5.88. The van der Waals surface area contributed by atoms with Crippen molar-refractivity contribution in [3.63, 3.8) is 0 Å². The summed E-state index contributed by atoms with van der Waals surface area (Å²) in [5.41, 5.74) is 0. The Bertz CT molecular complexity index is 187. The third-order valence-corrected chi connectivity index (χ3v) is 4.42. The van der Waals surface area contributed by atoms with Gasteiger partial charge in [-0.15, -0.1) is 11.6 Å². The number of alkyl halides is 1. The zero-order valence-electron chi connectivity index (χ0n) is 11.6. The highest BCUT2D eigenvalue weighted by molar-refractivity contribution is 6.18. The van der Waals surface area contributed by atoms with Gasteiger partial charge in [0.25, 0.3) is 0 Å². The largest absolute Gasteiger partial charge is 0.317 e. The van der Waals surface area contributed by atoms with Crippen LogP contribution in [0, 0.1) is 5.92 Å². The quantitative estimate of drug-likeness (QED) is 0.533. The Labute approximate surface area is 112 Å². The van der Waals surface area contributed by atoms with Gasteiger partial charge in [0.05, 0.1) is 0 Å². The van der Waals surface area contributed by atoms with Crippen LogP contribution in [-0.4, -0.2) is 43.5 Å². The molecule has 1 aliphatic heterocycles. The SMILES string of the molecule is CC(CCl)CCCNCCC1CCCCN1C. The maximum Gasteiger partial charge on any atom is 0.0249 e. The normalized spacial score (nSPS) is 23.8. The first kappa shape index (κ1) is 15.3. The zero-order valence-corrected chi connectivity index (χ0v) is 12.3. The lowest BCUT2D eigenvalue weighted by Gasteiger charge is -2.32. The summed E-state index contributed by atoms with van der Waals surface area (Å²) in [4.78, 5) is 2.53. The van der Waals surface area contributed by atoms with Crippen molar-refractivity contribution in [2.75, 3.05) is 32.6 Å². The molecule has 0 aliphatic carbocycles. The van der Waals surface area contributed by atoms with Gasteiger partial charge >= 0.3 is 0 Å². The molecule has 1 heterocycles. The predicted molar refractivity (Wildman–Crippen MR) is 76.9 cm³/mol. The fourth-order valence-electron chi connectivity index (χ4n) is 2.56. The number of hydrogen-bond donors (Lipinski definition) is 1. The number of piperidine rings is 1. The average molecular weight is 261 g/mol. The van der Waals surface area contributed by atoms with Gasteiger partial charge in [0.15, 0.2) is 0 Å². The minimum absolute atomic E-state index is 0.669. The third-order valence-electron chi connectivity index (χ3n) is 3.89. The summed E-state index contributed by atoms with van der Waals surface area (Å²) >= 11 is 5.78. The maximum atomic E-state index is 5.78. The lowest BCUT2D eigenvalue weighted by Crippen LogP contribution is -2.38. The number of halogens is 1. The minimum atomic E-state index is 0.669. The van der Waals surface area contributed by atoms with Crippen molar-refractivity contribution < 1.29 is 0 Å². The number of rotatable bonds is 8. The molecule has 2 atom stereocenters. The summed E-state index contributed by atoms with van der Waals surface area (Å²) in [5.74, 6) is 1.47. The van der Waals surface area contributed by atoms with Gasteiger partial charge in [-0.05, 0) is 64.7 Å². The molecule has 1 rings (SSSR count). The Morgan fingerprint density at radius 1 is 1.35 bits per heavy atom. The predicted octanol–water partition coefficient (Wildman–Crippen LogP) is 3.11. The molecular formula is C14H29ClN2. The van der Waals surface area contributed by atoms with E-state index in [1.54, 1.807) is 0 Å². The van der Waals surface area contributed by atoms with Crippen LogP contribution in [0.2, 0.25) is 0 Å². The summed E-state index contributed by atoms with van der Waals surface area (Å²) in [6.07, 6.45) is 8.01. The fourth-order valence-corrected chi connectivity index (χ4v) is 2.71. The first-order valence-electron chi connectivity index (χ1n) is 7.21. The lowest BCUT2D eigenvalue weighted by molar-refractivity contribution is 0.175. The molecule has 0 aromatic heterocycles. The van der Waals surface area contributed by atoms with Crippen molar-refractivity contribution in [3.05, 3.63) is 0 Å². The number of hydrogen-bond acceptors (Lipinski definition) is 2. The van der Waals surface area contributed by atoms with Crippen LogP contribution < -0.4 is 5.32 Å². The van der Waals surface area contributed by atoms with Gasteiger partial charge in [-0.25, -0.2) is 0 Å². The Morgan fingerprint density at radius 3 is 2.88 bits per heavy atom.